The highest BCUT2D eigenvalue weighted by Crippen LogP contribution is 2.17. The van der Waals surface area contributed by atoms with Crippen LogP contribution >= 0.6 is 0 Å². The summed E-state index contributed by atoms with van der Waals surface area (Å²) in [6, 6.07) is 14.6. The topological polar surface area (TPSA) is 31.7 Å². The van der Waals surface area contributed by atoms with E-state index in [1.165, 1.54) is 11.3 Å². The van der Waals surface area contributed by atoms with Crippen molar-refractivity contribution < 1.29 is 0 Å². The summed E-state index contributed by atoms with van der Waals surface area (Å²) < 4.78 is 0. The largest absolute Gasteiger partial charge is 0.368 e. The molecule has 0 bridgehead atoms. The van der Waals surface area contributed by atoms with E-state index in [1.54, 1.807) is 6.20 Å². The van der Waals surface area contributed by atoms with Crippen molar-refractivity contribution in [2.45, 2.75) is 6.92 Å². The molecule has 1 aliphatic rings. The Morgan fingerprint density at radius 1 is 1.00 bits per heavy atom. The van der Waals surface area contributed by atoms with Crippen LogP contribution in [0.15, 0.2) is 53.8 Å². The number of anilines is 1. The van der Waals surface area contributed by atoms with Crippen LogP contribution in [-0.2, 0) is 0 Å². The van der Waals surface area contributed by atoms with Crippen molar-refractivity contribution in [2.24, 2.45) is 5.10 Å². The Morgan fingerprint density at radius 2 is 1.76 bits per heavy atom. The van der Waals surface area contributed by atoms with E-state index >= 15 is 0 Å². The van der Waals surface area contributed by atoms with Crippen LogP contribution in [-0.4, -0.2) is 42.4 Å². The number of pyridine rings is 1. The summed E-state index contributed by atoms with van der Waals surface area (Å²) in [6.45, 7) is 6.01. The first-order valence-electron chi connectivity index (χ1n) is 7.33. The molecule has 21 heavy (non-hydrogen) atoms. The highest BCUT2D eigenvalue weighted by atomic mass is 15.5. The quantitative estimate of drug-likeness (QED) is 0.810. The maximum absolute atomic E-state index is 4.51. The Kier molecular flexibility index (Phi) is 4.15. The first kappa shape index (κ1) is 13.6. The maximum atomic E-state index is 4.51. The van der Waals surface area contributed by atoms with Crippen molar-refractivity contribution in [3.8, 4) is 0 Å². The third kappa shape index (κ3) is 3.60. The van der Waals surface area contributed by atoms with E-state index in [9.17, 15) is 0 Å². The molecule has 0 atom stereocenters. The van der Waals surface area contributed by atoms with E-state index in [2.05, 4.69) is 51.2 Å². The second kappa shape index (κ2) is 6.39. The zero-order valence-electron chi connectivity index (χ0n) is 12.3. The molecule has 1 fully saturated rings. The second-order valence-corrected chi connectivity index (χ2v) is 5.28. The predicted molar refractivity (Wildman–Crippen MR) is 86.8 cm³/mol. The fourth-order valence-corrected chi connectivity index (χ4v) is 2.42. The van der Waals surface area contributed by atoms with Crippen LogP contribution in [0, 0.1) is 6.92 Å². The fraction of sp³-hybridized carbons (Fsp3) is 0.294. The number of hydrogen-bond donors (Lipinski definition) is 0. The van der Waals surface area contributed by atoms with Gasteiger partial charge in [0, 0.05) is 25.0 Å². The zero-order chi connectivity index (χ0) is 14.5. The number of aromatic nitrogens is 1. The van der Waals surface area contributed by atoms with Crippen molar-refractivity contribution in [3.63, 3.8) is 0 Å². The first-order valence-corrected chi connectivity index (χ1v) is 7.33. The van der Waals surface area contributed by atoms with Gasteiger partial charge in [-0.25, -0.2) is 0 Å². The number of hydrogen-bond acceptors (Lipinski definition) is 4. The average molecular weight is 280 g/mol. The Labute approximate surface area is 125 Å². The standard InChI is InChI=1S/C17H20N4/c1-15-5-7-17(8-6-15)20-10-12-21(13-11-20)19-14-16-4-2-3-9-18-16/h2-9,14H,10-13H2,1H3/b19-14-. The van der Waals surface area contributed by atoms with Crippen molar-refractivity contribution in [1.29, 1.82) is 0 Å². The minimum atomic E-state index is 0.901. The molecule has 108 valence electrons. The summed E-state index contributed by atoms with van der Waals surface area (Å²) in [5.74, 6) is 0. The van der Waals surface area contributed by atoms with Gasteiger partial charge < -0.3 is 4.90 Å². The second-order valence-electron chi connectivity index (χ2n) is 5.28. The van der Waals surface area contributed by atoms with Gasteiger partial charge in [0.1, 0.15) is 0 Å². The van der Waals surface area contributed by atoms with Crippen LogP contribution in [0.3, 0.4) is 0 Å². The maximum Gasteiger partial charge on any atom is 0.0830 e. The molecule has 2 heterocycles. The van der Waals surface area contributed by atoms with E-state index in [0.717, 1.165) is 31.9 Å². The Hall–Kier alpha value is -2.36. The van der Waals surface area contributed by atoms with Gasteiger partial charge >= 0.3 is 0 Å². The van der Waals surface area contributed by atoms with E-state index in [1.807, 2.05) is 24.4 Å². The highest BCUT2D eigenvalue weighted by molar-refractivity contribution is 5.76. The van der Waals surface area contributed by atoms with Crippen LogP contribution in [0.25, 0.3) is 0 Å². The Balaban J connectivity index is 1.55. The third-order valence-electron chi connectivity index (χ3n) is 3.70. The van der Waals surface area contributed by atoms with Crippen molar-refractivity contribution in [1.82, 2.24) is 9.99 Å². The Bertz CT molecular complexity index is 584. The minimum absolute atomic E-state index is 0.901. The molecule has 0 radical (unpaired) electrons. The number of rotatable bonds is 3. The summed E-state index contributed by atoms with van der Waals surface area (Å²) in [7, 11) is 0. The molecule has 3 rings (SSSR count). The molecule has 1 aromatic carbocycles. The lowest BCUT2D eigenvalue weighted by Gasteiger charge is -2.34. The van der Waals surface area contributed by atoms with Crippen LogP contribution < -0.4 is 4.90 Å². The van der Waals surface area contributed by atoms with Crippen molar-refractivity contribution in [3.05, 3.63) is 59.9 Å². The first-order chi connectivity index (χ1) is 10.3. The summed E-state index contributed by atoms with van der Waals surface area (Å²) in [4.78, 5) is 6.66. The predicted octanol–water partition coefficient (Wildman–Crippen LogP) is 2.55. The molecule has 0 unspecified atom stereocenters. The fourth-order valence-electron chi connectivity index (χ4n) is 2.42. The van der Waals surface area contributed by atoms with Gasteiger partial charge in [0.25, 0.3) is 0 Å². The molecule has 1 aliphatic heterocycles. The number of piperazine rings is 1. The van der Waals surface area contributed by atoms with Gasteiger partial charge in [0.2, 0.25) is 0 Å². The van der Waals surface area contributed by atoms with Crippen LogP contribution in [0.4, 0.5) is 5.69 Å². The normalized spacial score (nSPS) is 15.7. The minimum Gasteiger partial charge on any atom is -0.368 e. The lowest BCUT2D eigenvalue weighted by Crippen LogP contribution is -2.44. The monoisotopic (exact) mass is 280 g/mol. The van der Waals surface area contributed by atoms with Gasteiger partial charge in [0.15, 0.2) is 0 Å². The van der Waals surface area contributed by atoms with Gasteiger partial charge in [-0.15, -0.1) is 0 Å². The summed E-state index contributed by atoms with van der Waals surface area (Å²) in [6.07, 6.45) is 3.62. The van der Waals surface area contributed by atoms with E-state index in [-0.39, 0.29) is 0 Å². The lowest BCUT2D eigenvalue weighted by atomic mass is 10.2. The molecule has 4 heteroatoms. The molecule has 0 saturated carbocycles. The van der Waals surface area contributed by atoms with Gasteiger partial charge in [-0.3, -0.25) is 9.99 Å². The van der Waals surface area contributed by atoms with Gasteiger partial charge in [-0.2, -0.15) is 5.10 Å². The van der Waals surface area contributed by atoms with Crippen LogP contribution in [0.2, 0.25) is 0 Å². The highest BCUT2D eigenvalue weighted by Gasteiger charge is 2.15. The summed E-state index contributed by atoms with van der Waals surface area (Å²) >= 11 is 0. The molecular weight excluding hydrogens is 260 g/mol. The van der Waals surface area contributed by atoms with Crippen molar-refractivity contribution >= 4 is 11.9 Å². The zero-order valence-corrected chi connectivity index (χ0v) is 12.3. The molecule has 0 N–H and O–H groups in total. The number of benzene rings is 1. The molecule has 1 aromatic heterocycles. The number of nitrogens with zero attached hydrogens (tertiary/aromatic N) is 4. The van der Waals surface area contributed by atoms with Crippen molar-refractivity contribution in [2.75, 3.05) is 31.1 Å². The molecule has 4 nitrogen and oxygen atoms in total. The molecule has 0 aliphatic carbocycles. The third-order valence-corrected chi connectivity index (χ3v) is 3.70. The van der Waals surface area contributed by atoms with Gasteiger partial charge in [-0.1, -0.05) is 23.8 Å². The lowest BCUT2D eigenvalue weighted by molar-refractivity contribution is 0.272. The van der Waals surface area contributed by atoms with Gasteiger partial charge in [0.05, 0.1) is 25.0 Å². The molecule has 1 saturated heterocycles. The Morgan fingerprint density at radius 3 is 2.43 bits per heavy atom. The van der Waals surface area contributed by atoms with E-state index in [0.29, 0.717) is 0 Å². The number of aryl methyl sites for hydroxylation is 1. The molecular formula is C17H20N4. The SMILES string of the molecule is Cc1ccc(N2CCN(/N=C\c3ccccn3)CC2)cc1. The molecule has 0 spiro atoms. The van der Waals surface area contributed by atoms with Crippen LogP contribution in [0.1, 0.15) is 11.3 Å². The van der Waals surface area contributed by atoms with E-state index < -0.39 is 0 Å². The smallest absolute Gasteiger partial charge is 0.0830 e. The summed E-state index contributed by atoms with van der Waals surface area (Å²) in [5.41, 5.74) is 3.50. The summed E-state index contributed by atoms with van der Waals surface area (Å²) in [5, 5.41) is 6.63. The van der Waals surface area contributed by atoms with Gasteiger partial charge in [-0.05, 0) is 31.2 Å². The molecule has 0 amide bonds. The molecule has 2 aromatic rings. The van der Waals surface area contributed by atoms with E-state index in [4.69, 9.17) is 0 Å². The average Bonchev–Trinajstić information content (AvgIpc) is 2.55. The van der Waals surface area contributed by atoms with Crippen LogP contribution in [0.5, 0.6) is 0 Å². The number of hydrazone groups is 1.